The highest BCUT2D eigenvalue weighted by atomic mass is 16.4. The van der Waals surface area contributed by atoms with Crippen LogP contribution in [0.25, 0.3) is 0 Å². The maximum Gasteiger partial charge on any atom is 0.303 e. The van der Waals surface area contributed by atoms with Gasteiger partial charge in [0, 0.05) is 19.5 Å². The average molecular weight is 318 g/mol. The Bertz CT molecular complexity index is 559. The molecule has 0 bridgehead atoms. The molecule has 1 saturated heterocycles. The molecule has 23 heavy (non-hydrogen) atoms. The van der Waals surface area contributed by atoms with Gasteiger partial charge in [-0.3, -0.25) is 14.4 Å². The van der Waals surface area contributed by atoms with E-state index in [1.807, 2.05) is 30.3 Å². The lowest BCUT2D eigenvalue weighted by molar-refractivity contribution is -0.138. The van der Waals surface area contributed by atoms with E-state index >= 15 is 0 Å². The van der Waals surface area contributed by atoms with Crippen LogP contribution >= 0.6 is 0 Å². The molecule has 0 aliphatic carbocycles. The Morgan fingerprint density at radius 1 is 1.22 bits per heavy atom. The second-order valence-electron chi connectivity index (χ2n) is 5.70. The highest BCUT2D eigenvalue weighted by Gasteiger charge is 2.33. The van der Waals surface area contributed by atoms with Crippen molar-refractivity contribution in [2.24, 2.45) is 0 Å². The van der Waals surface area contributed by atoms with Gasteiger partial charge >= 0.3 is 5.97 Å². The molecule has 0 aromatic heterocycles. The fourth-order valence-electron chi connectivity index (χ4n) is 2.78. The van der Waals surface area contributed by atoms with Crippen molar-refractivity contribution in [1.82, 2.24) is 10.2 Å². The van der Waals surface area contributed by atoms with Gasteiger partial charge in [-0.1, -0.05) is 30.3 Å². The molecule has 2 amide bonds. The summed E-state index contributed by atoms with van der Waals surface area (Å²) in [6, 6.07) is 9.04. The zero-order valence-corrected chi connectivity index (χ0v) is 13.0. The molecule has 6 nitrogen and oxygen atoms in total. The van der Waals surface area contributed by atoms with Crippen LogP contribution in [0.1, 0.15) is 31.2 Å². The molecule has 1 aromatic carbocycles. The molecule has 1 heterocycles. The van der Waals surface area contributed by atoms with E-state index in [0.29, 0.717) is 32.4 Å². The number of nitrogens with zero attached hydrogens (tertiary/aromatic N) is 1. The second kappa shape index (κ2) is 8.31. The molecule has 0 saturated carbocycles. The smallest absolute Gasteiger partial charge is 0.303 e. The molecule has 1 aliphatic rings. The molecule has 1 aliphatic heterocycles. The lowest BCUT2D eigenvalue weighted by Gasteiger charge is -2.24. The number of carbonyl (C=O) groups is 3. The number of benzene rings is 1. The maximum absolute atomic E-state index is 12.4. The van der Waals surface area contributed by atoms with Crippen LogP contribution in [-0.4, -0.2) is 46.9 Å². The van der Waals surface area contributed by atoms with Crippen molar-refractivity contribution < 1.29 is 19.5 Å². The van der Waals surface area contributed by atoms with Crippen molar-refractivity contribution in [2.45, 2.75) is 38.1 Å². The molecule has 0 spiro atoms. The first kappa shape index (κ1) is 17.0. The Morgan fingerprint density at radius 2 is 1.96 bits per heavy atom. The Morgan fingerprint density at radius 3 is 2.65 bits per heavy atom. The van der Waals surface area contributed by atoms with Crippen LogP contribution < -0.4 is 5.32 Å². The summed E-state index contributed by atoms with van der Waals surface area (Å²) in [5.74, 6) is -1.10. The van der Waals surface area contributed by atoms with Crippen molar-refractivity contribution in [1.29, 1.82) is 0 Å². The van der Waals surface area contributed by atoms with Gasteiger partial charge in [0.15, 0.2) is 0 Å². The lowest BCUT2D eigenvalue weighted by Crippen LogP contribution is -2.46. The standard InChI is InChI=1S/C17H22N2O4/c20-15(12-13-6-2-1-3-7-13)19-11-5-8-14(19)17(23)18-10-4-9-16(21)22/h1-3,6-7,14H,4-5,8-12H2,(H,18,23)(H,21,22). The Kier molecular flexibility index (Phi) is 6.14. The van der Waals surface area contributed by atoms with Crippen LogP contribution in [0, 0.1) is 0 Å². The summed E-state index contributed by atoms with van der Waals surface area (Å²) in [5, 5.41) is 11.3. The number of carbonyl (C=O) groups excluding carboxylic acids is 2. The predicted molar refractivity (Wildman–Crippen MR) is 84.8 cm³/mol. The van der Waals surface area contributed by atoms with Crippen LogP contribution in [0.4, 0.5) is 0 Å². The summed E-state index contributed by atoms with van der Waals surface area (Å²) < 4.78 is 0. The average Bonchev–Trinajstić information content (AvgIpc) is 3.02. The molecule has 6 heteroatoms. The summed E-state index contributed by atoms with van der Waals surface area (Å²) in [5.41, 5.74) is 0.935. The van der Waals surface area contributed by atoms with Gasteiger partial charge in [-0.05, 0) is 24.8 Å². The minimum Gasteiger partial charge on any atom is -0.481 e. The van der Waals surface area contributed by atoms with Gasteiger partial charge in [0.1, 0.15) is 6.04 Å². The third kappa shape index (κ3) is 5.09. The number of likely N-dealkylation sites (tertiary alicyclic amines) is 1. The third-order valence-corrected chi connectivity index (χ3v) is 3.94. The van der Waals surface area contributed by atoms with Crippen LogP contribution in [0.3, 0.4) is 0 Å². The predicted octanol–water partition coefficient (Wildman–Crippen LogP) is 1.20. The number of hydrogen-bond donors (Lipinski definition) is 2. The first-order valence-electron chi connectivity index (χ1n) is 7.91. The molecular formula is C17H22N2O4. The minimum absolute atomic E-state index is 0.0294. The van der Waals surface area contributed by atoms with Crippen LogP contribution in [0.5, 0.6) is 0 Å². The van der Waals surface area contributed by atoms with Crippen molar-refractivity contribution in [2.75, 3.05) is 13.1 Å². The van der Waals surface area contributed by atoms with E-state index in [1.165, 1.54) is 0 Å². The summed E-state index contributed by atoms with van der Waals surface area (Å²) in [6.45, 7) is 0.918. The van der Waals surface area contributed by atoms with Gasteiger partial charge in [0.2, 0.25) is 11.8 Å². The Balaban J connectivity index is 1.85. The van der Waals surface area contributed by atoms with Crippen molar-refractivity contribution in [3.05, 3.63) is 35.9 Å². The van der Waals surface area contributed by atoms with Gasteiger partial charge < -0.3 is 15.3 Å². The van der Waals surface area contributed by atoms with E-state index in [4.69, 9.17) is 5.11 Å². The van der Waals surface area contributed by atoms with Gasteiger partial charge in [-0.25, -0.2) is 0 Å². The van der Waals surface area contributed by atoms with Gasteiger partial charge in [0.25, 0.3) is 0 Å². The van der Waals surface area contributed by atoms with E-state index in [9.17, 15) is 14.4 Å². The number of nitrogens with one attached hydrogen (secondary N) is 1. The number of aliphatic carboxylic acids is 1. The molecular weight excluding hydrogens is 296 g/mol. The quantitative estimate of drug-likeness (QED) is 0.740. The SMILES string of the molecule is O=C(O)CCCNC(=O)C1CCCN1C(=O)Cc1ccccc1. The molecule has 1 fully saturated rings. The Hall–Kier alpha value is -2.37. The zero-order chi connectivity index (χ0) is 16.7. The number of carboxylic acid groups (broad SMARTS) is 1. The molecule has 2 rings (SSSR count). The summed E-state index contributed by atoms with van der Waals surface area (Å²) in [6.07, 6.45) is 2.19. The van der Waals surface area contributed by atoms with E-state index in [0.717, 1.165) is 12.0 Å². The lowest BCUT2D eigenvalue weighted by atomic mass is 10.1. The molecule has 2 N–H and O–H groups in total. The number of rotatable bonds is 7. The molecule has 1 unspecified atom stereocenters. The zero-order valence-electron chi connectivity index (χ0n) is 13.0. The van der Waals surface area contributed by atoms with Gasteiger partial charge in [-0.2, -0.15) is 0 Å². The normalized spacial score (nSPS) is 17.0. The minimum atomic E-state index is -0.875. The van der Waals surface area contributed by atoms with Crippen LogP contribution in [-0.2, 0) is 20.8 Å². The third-order valence-electron chi connectivity index (χ3n) is 3.94. The summed E-state index contributed by atoms with van der Waals surface area (Å²) >= 11 is 0. The highest BCUT2D eigenvalue weighted by Crippen LogP contribution is 2.19. The molecule has 0 radical (unpaired) electrons. The largest absolute Gasteiger partial charge is 0.481 e. The van der Waals surface area contributed by atoms with Gasteiger partial charge in [0.05, 0.1) is 6.42 Å². The molecule has 1 aromatic rings. The van der Waals surface area contributed by atoms with Gasteiger partial charge in [-0.15, -0.1) is 0 Å². The highest BCUT2D eigenvalue weighted by molar-refractivity contribution is 5.89. The topological polar surface area (TPSA) is 86.7 Å². The fraction of sp³-hybridized carbons (Fsp3) is 0.471. The summed E-state index contributed by atoms with van der Waals surface area (Å²) in [4.78, 5) is 36.7. The van der Waals surface area contributed by atoms with Crippen molar-refractivity contribution in [3.63, 3.8) is 0 Å². The number of carboxylic acids is 1. The van der Waals surface area contributed by atoms with Crippen LogP contribution in [0.15, 0.2) is 30.3 Å². The van der Waals surface area contributed by atoms with E-state index in [2.05, 4.69) is 5.32 Å². The molecule has 124 valence electrons. The Labute approximate surface area is 135 Å². The second-order valence-corrected chi connectivity index (χ2v) is 5.70. The van der Waals surface area contributed by atoms with Crippen molar-refractivity contribution >= 4 is 17.8 Å². The van der Waals surface area contributed by atoms with Crippen molar-refractivity contribution in [3.8, 4) is 0 Å². The van der Waals surface area contributed by atoms with E-state index in [1.54, 1.807) is 4.90 Å². The monoisotopic (exact) mass is 318 g/mol. The van der Waals surface area contributed by atoms with Crippen LogP contribution in [0.2, 0.25) is 0 Å². The maximum atomic E-state index is 12.4. The van der Waals surface area contributed by atoms with E-state index in [-0.39, 0.29) is 18.2 Å². The first-order valence-corrected chi connectivity index (χ1v) is 7.91. The summed E-state index contributed by atoms with van der Waals surface area (Å²) in [7, 11) is 0. The first-order chi connectivity index (χ1) is 11.1. The fourth-order valence-corrected chi connectivity index (χ4v) is 2.78. The number of hydrogen-bond acceptors (Lipinski definition) is 3. The van der Waals surface area contributed by atoms with E-state index < -0.39 is 12.0 Å². The molecule has 1 atom stereocenters. The number of amides is 2.